The summed E-state index contributed by atoms with van der Waals surface area (Å²) in [7, 11) is 0. The van der Waals surface area contributed by atoms with E-state index in [1.807, 2.05) is 31.2 Å². The van der Waals surface area contributed by atoms with Gasteiger partial charge < -0.3 is 0 Å². The van der Waals surface area contributed by atoms with Gasteiger partial charge in [-0.2, -0.15) is 13.2 Å². The second kappa shape index (κ2) is 7.43. The molecule has 2 aromatic heterocycles. The molecule has 4 rings (SSSR count). The fourth-order valence-electron chi connectivity index (χ4n) is 2.99. The lowest BCUT2D eigenvalue weighted by molar-refractivity contribution is -0.137. The van der Waals surface area contributed by atoms with Crippen molar-refractivity contribution in [2.45, 2.75) is 13.1 Å². The fourth-order valence-corrected chi connectivity index (χ4v) is 2.99. The van der Waals surface area contributed by atoms with E-state index in [-0.39, 0.29) is 17.2 Å². The average molecular weight is 392 g/mol. The van der Waals surface area contributed by atoms with E-state index >= 15 is 0 Å². The van der Waals surface area contributed by atoms with Gasteiger partial charge in [-0.3, -0.25) is 4.98 Å². The van der Waals surface area contributed by atoms with Crippen LogP contribution in [0, 0.1) is 6.92 Å². The van der Waals surface area contributed by atoms with E-state index in [9.17, 15) is 13.2 Å². The van der Waals surface area contributed by atoms with Gasteiger partial charge in [-0.05, 0) is 30.7 Å². The molecule has 7 heteroatoms. The van der Waals surface area contributed by atoms with E-state index in [2.05, 4.69) is 19.9 Å². The summed E-state index contributed by atoms with van der Waals surface area (Å²) in [6.07, 6.45) is -1.36. The standard InChI is InChI=1S/C22H15F3N4/c1-14-7-2-3-9-16(14)20-27-19(15-8-6-12-26-13-15)28-21(29-20)17-10-4-5-11-18(17)22(23,24)25/h2-13H,1H3. The third-order valence-corrected chi connectivity index (χ3v) is 4.41. The van der Waals surface area contributed by atoms with Crippen LogP contribution in [0.3, 0.4) is 0 Å². The van der Waals surface area contributed by atoms with Crippen molar-refractivity contribution in [3.05, 3.63) is 84.2 Å². The normalized spacial score (nSPS) is 11.4. The maximum absolute atomic E-state index is 13.6. The van der Waals surface area contributed by atoms with E-state index in [4.69, 9.17) is 0 Å². The molecule has 0 spiro atoms. The zero-order valence-corrected chi connectivity index (χ0v) is 15.4. The minimum atomic E-state index is -4.53. The summed E-state index contributed by atoms with van der Waals surface area (Å²) in [5.74, 6) is 0.535. The van der Waals surface area contributed by atoms with Gasteiger partial charge in [0, 0.05) is 29.1 Å². The Labute approximate surface area is 165 Å². The van der Waals surface area contributed by atoms with Crippen LogP contribution in [0.1, 0.15) is 11.1 Å². The zero-order chi connectivity index (χ0) is 20.4. The first-order valence-corrected chi connectivity index (χ1v) is 8.82. The summed E-state index contributed by atoms with van der Waals surface area (Å²) in [5.41, 5.74) is 1.34. The number of nitrogens with zero attached hydrogens (tertiary/aromatic N) is 4. The van der Waals surface area contributed by atoms with Crippen LogP contribution in [0.5, 0.6) is 0 Å². The molecule has 0 amide bonds. The van der Waals surface area contributed by atoms with Crippen LogP contribution in [0.25, 0.3) is 34.2 Å². The average Bonchev–Trinajstić information content (AvgIpc) is 2.74. The van der Waals surface area contributed by atoms with E-state index < -0.39 is 11.7 Å². The molecule has 0 N–H and O–H groups in total. The molecule has 0 bridgehead atoms. The number of rotatable bonds is 3. The predicted octanol–water partition coefficient (Wildman–Crippen LogP) is 5.59. The van der Waals surface area contributed by atoms with Gasteiger partial charge >= 0.3 is 6.18 Å². The van der Waals surface area contributed by atoms with Gasteiger partial charge in [0.2, 0.25) is 0 Å². The summed E-state index contributed by atoms with van der Waals surface area (Å²) in [6.45, 7) is 1.90. The van der Waals surface area contributed by atoms with Gasteiger partial charge in [-0.1, -0.05) is 42.5 Å². The van der Waals surface area contributed by atoms with Crippen LogP contribution >= 0.6 is 0 Å². The largest absolute Gasteiger partial charge is 0.417 e. The number of pyridine rings is 1. The van der Waals surface area contributed by atoms with Crippen molar-refractivity contribution in [1.29, 1.82) is 0 Å². The van der Waals surface area contributed by atoms with Crippen molar-refractivity contribution >= 4 is 0 Å². The monoisotopic (exact) mass is 392 g/mol. The van der Waals surface area contributed by atoms with Crippen molar-refractivity contribution in [2.75, 3.05) is 0 Å². The van der Waals surface area contributed by atoms with Crippen molar-refractivity contribution in [3.63, 3.8) is 0 Å². The number of alkyl halides is 3. The number of hydrogen-bond donors (Lipinski definition) is 0. The van der Waals surface area contributed by atoms with Gasteiger partial charge in [0.25, 0.3) is 0 Å². The highest BCUT2D eigenvalue weighted by Gasteiger charge is 2.34. The summed E-state index contributed by atoms with van der Waals surface area (Å²) < 4.78 is 40.7. The molecule has 2 heterocycles. The lowest BCUT2D eigenvalue weighted by atomic mass is 10.1. The summed E-state index contributed by atoms with van der Waals surface area (Å²) in [5, 5.41) is 0. The number of aryl methyl sites for hydroxylation is 1. The molecular formula is C22H15F3N4. The van der Waals surface area contributed by atoms with Crippen molar-refractivity contribution in [1.82, 2.24) is 19.9 Å². The van der Waals surface area contributed by atoms with Gasteiger partial charge in [0.1, 0.15) is 0 Å². The van der Waals surface area contributed by atoms with Crippen molar-refractivity contribution in [3.8, 4) is 34.2 Å². The third-order valence-electron chi connectivity index (χ3n) is 4.41. The number of benzene rings is 2. The van der Waals surface area contributed by atoms with Crippen LogP contribution in [0.15, 0.2) is 73.1 Å². The number of halogens is 3. The predicted molar refractivity (Wildman–Crippen MR) is 104 cm³/mol. The van der Waals surface area contributed by atoms with Crippen LogP contribution < -0.4 is 0 Å². The SMILES string of the molecule is Cc1ccccc1-c1nc(-c2cccnc2)nc(-c2ccccc2C(F)(F)F)n1. The molecule has 29 heavy (non-hydrogen) atoms. The van der Waals surface area contributed by atoms with E-state index in [0.29, 0.717) is 11.4 Å². The van der Waals surface area contributed by atoms with Crippen LogP contribution in [0.4, 0.5) is 13.2 Å². The Morgan fingerprint density at radius 1 is 0.690 bits per heavy atom. The Morgan fingerprint density at radius 2 is 1.31 bits per heavy atom. The molecule has 0 saturated heterocycles. The topological polar surface area (TPSA) is 51.6 Å². The third kappa shape index (κ3) is 3.85. The molecule has 4 nitrogen and oxygen atoms in total. The second-order valence-electron chi connectivity index (χ2n) is 6.41. The molecule has 2 aromatic carbocycles. The molecule has 0 aliphatic carbocycles. The van der Waals surface area contributed by atoms with Gasteiger partial charge in [-0.15, -0.1) is 0 Å². The smallest absolute Gasteiger partial charge is 0.264 e. The van der Waals surface area contributed by atoms with E-state index in [0.717, 1.165) is 17.2 Å². The van der Waals surface area contributed by atoms with Crippen molar-refractivity contribution < 1.29 is 13.2 Å². The Bertz CT molecular complexity index is 1160. The maximum Gasteiger partial charge on any atom is 0.417 e. The molecular weight excluding hydrogens is 377 g/mol. The van der Waals surface area contributed by atoms with Crippen molar-refractivity contribution in [2.24, 2.45) is 0 Å². The number of aromatic nitrogens is 4. The van der Waals surface area contributed by atoms with Crippen LogP contribution in [-0.4, -0.2) is 19.9 Å². The lowest BCUT2D eigenvalue weighted by Gasteiger charge is -2.14. The Hall–Kier alpha value is -3.61. The molecule has 0 fully saturated rings. The maximum atomic E-state index is 13.6. The van der Waals surface area contributed by atoms with E-state index in [1.54, 1.807) is 24.5 Å². The molecule has 0 saturated carbocycles. The Morgan fingerprint density at radius 3 is 1.97 bits per heavy atom. The van der Waals surface area contributed by atoms with E-state index in [1.165, 1.54) is 18.2 Å². The highest BCUT2D eigenvalue weighted by Crippen LogP contribution is 2.36. The molecule has 0 aliphatic rings. The van der Waals surface area contributed by atoms with Gasteiger partial charge in [-0.25, -0.2) is 15.0 Å². The molecule has 0 aliphatic heterocycles. The molecule has 144 valence electrons. The molecule has 0 unspecified atom stereocenters. The zero-order valence-electron chi connectivity index (χ0n) is 15.4. The Balaban J connectivity index is 1.99. The molecule has 0 atom stereocenters. The highest BCUT2D eigenvalue weighted by atomic mass is 19.4. The summed E-state index contributed by atoms with van der Waals surface area (Å²) >= 11 is 0. The number of hydrogen-bond acceptors (Lipinski definition) is 4. The lowest BCUT2D eigenvalue weighted by Crippen LogP contribution is -2.09. The Kier molecular flexibility index (Phi) is 4.80. The van der Waals surface area contributed by atoms with Crippen LogP contribution in [-0.2, 0) is 6.18 Å². The van der Waals surface area contributed by atoms with Gasteiger partial charge in [0.05, 0.1) is 5.56 Å². The minimum absolute atomic E-state index is 0.0370. The van der Waals surface area contributed by atoms with Gasteiger partial charge in [0.15, 0.2) is 17.5 Å². The first-order chi connectivity index (χ1) is 13.9. The molecule has 0 radical (unpaired) electrons. The minimum Gasteiger partial charge on any atom is -0.264 e. The quantitative estimate of drug-likeness (QED) is 0.456. The summed E-state index contributed by atoms with van der Waals surface area (Å²) in [4.78, 5) is 17.3. The summed E-state index contributed by atoms with van der Waals surface area (Å²) in [6, 6.07) is 16.2. The van der Waals surface area contributed by atoms with Crippen LogP contribution in [0.2, 0.25) is 0 Å². The first-order valence-electron chi connectivity index (χ1n) is 8.82. The molecule has 4 aromatic rings. The fraction of sp³-hybridized carbons (Fsp3) is 0.0909. The first kappa shape index (κ1) is 18.7. The second-order valence-corrected chi connectivity index (χ2v) is 6.41. The highest BCUT2D eigenvalue weighted by molar-refractivity contribution is 5.69.